The second-order valence-electron chi connectivity index (χ2n) is 3.48. The van der Waals surface area contributed by atoms with Crippen LogP contribution in [0.1, 0.15) is 20.3 Å². The lowest BCUT2D eigenvalue weighted by atomic mass is 10.0. The maximum Gasteiger partial charge on any atom is 0.216 e. The quantitative estimate of drug-likeness (QED) is 0.534. The topological polar surface area (TPSA) is 66.4 Å². The first-order chi connectivity index (χ1) is 7.49. The molecule has 0 radical (unpaired) electrons. The smallest absolute Gasteiger partial charge is 0.216 e. The van der Waals surface area contributed by atoms with Gasteiger partial charge in [0.25, 0.3) is 0 Å². The van der Waals surface area contributed by atoms with Crippen LogP contribution in [0.4, 0.5) is 0 Å². The maximum atomic E-state index is 11.6. The van der Waals surface area contributed by atoms with E-state index in [-0.39, 0.29) is 11.0 Å². The molecule has 2 N–H and O–H groups in total. The highest BCUT2D eigenvalue weighted by Gasteiger charge is 2.21. The van der Waals surface area contributed by atoms with Crippen LogP contribution in [0.25, 0.3) is 0 Å². The Kier molecular flexibility index (Phi) is 8.70. The van der Waals surface area contributed by atoms with Crippen LogP contribution in [0, 0.1) is 5.92 Å². The van der Waals surface area contributed by atoms with Crippen molar-refractivity contribution in [3.63, 3.8) is 0 Å². The van der Waals surface area contributed by atoms with Gasteiger partial charge in [0, 0.05) is 25.1 Å². The lowest BCUT2D eigenvalue weighted by Crippen LogP contribution is -2.26. The molecule has 0 saturated heterocycles. The van der Waals surface area contributed by atoms with Crippen molar-refractivity contribution in [1.29, 1.82) is 0 Å². The molecule has 0 saturated carbocycles. The molecule has 0 unspecified atom stereocenters. The van der Waals surface area contributed by atoms with Gasteiger partial charge >= 0.3 is 0 Å². The van der Waals surface area contributed by atoms with Crippen LogP contribution >= 0.6 is 23.4 Å². The van der Waals surface area contributed by atoms with Gasteiger partial charge in [0.15, 0.2) is 5.12 Å². The average Bonchev–Trinajstić information content (AvgIpc) is 2.23. The van der Waals surface area contributed by atoms with Crippen molar-refractivity contribution < 1.29 is 14.7 Å². The number of hydrogen-bond acceptors (Lipinski definition) is 4. The number of hydrogen-bond donors (Lipinski definition) is 2. The zero-order chi connectivity index (χ0) is 12.6. The van der Waals surface area contributed by atoms with E-state index in [1.165, 1.54) is 6.92 Å². The number of nitrogens with one attached hydrogen (secondary N) is 1. The second kappa shape index (κ2) is 8.84. The standard InChI is InChI=1S/C10H18ClNO3S/c1-7(9(14)3-4-11)10(15)16-6-5-12-8(2)13/h7,9,14H,3-6H2,1-2H3,(H,12,13)/t7-,9+/m0/s1. The summed E-state index contributed by atoms with van der Waals surface area (Å²) in [7, 11) is 0. The van der Waals surface area contributed by atoms with Gasteiger partial charge < -0.3 is 10.4 Å². The summed E-state index contributed by atoms with van der Waals surface area (Å²) in [5, 5.41) is 12.1. The predicted octanol–water partition coefficient (Wildman–Crippen LogP) is 1.01. The fraction of sp³-hybridized carbons (Fsp3) is 0.800. The number of alkyl halides is 1. The van der Waals surface area contributed by atoms with E-state index in [1.807, 2.05) is 0 Å². The van der Waals surface area contributed by atoms with Crippen molar-refractivity contribution in [2.24, 2.45) is 5.92 Å². The van der Waals surface area contributed by atoms with Crippen molar-refractivity contribution in [1.82, 2.24) is 5.32 Å². The molecule has 0 aliphatic heterocycles. The van der Waals surface area contributed by atoms with Crippen LogP contribution in [0.3, 0.4) is 0 Å². The molecule has 0 aliphatic carbocycles. The van der Waals surface area contributed by atoms with Crippen molar-refractivity contribution in [2.75, 3.05) is 18.2 Å². The average molecular weight is 268 g/mol. The van der Waals surface area contributed by atoms with E-state index in [2.05, 4.69) is 5.32 Å². The summed E-state index contributed by atoms with van der Waals surface area (Å²) < 4.78 is 0. The minimum atomic E-state index is -0.682. The summed E-state index contributed by atoms with van der Waals surface area (Å²) in [6.45, 7) is 3.58. The minimum Gasteiger partial charge on any atom is -0.392 e. The molecule has 0 fully saturated rings. The summed E-state index contributed by atoms with van der Waals surface area (Å²) in [6.07, 6.45) is -0.265. The van der Waals surface area contributed by atoms with Crippen LogP contribution in [0.15, 0.2) is 0 Å². The number of thioether (sulfide) groups is 1. The van der Waals surface area contributed by atoms with Gasteiger partial charge in [-0.2, -0.15) is 0 Å². The Bertz CT molecular complexity index is 238. The number of aliphatic hydroxyl groups excluding tert-OH is 1. The van der Waals surface area contributed by atoms with Gasteiger partial charge in [-0.05, 0) is 6.42 Å². The van der Waals surface area contributed by atoms with Crippen molar-refractivity contribution >= 4 is 34.4 Å². The molecule has 0 aromatic rings. The Morgan fingerprint density at radius 1 is 1.50 bits per heavy atom. The van der Waals surface area contributed by atoms with Crippen LogP contribution in [-0.2, 0) is 9.59 Å². The first-order valence-corrected chi connectivity index (χ1v) is 6.66. The Labute approximate surface area is 105 Å². The monoisotopic (exact) mass is 267 g/mol. The molecule has 94 valence electrons. The predicted molar refractivity (Wildman–Crippen MR) is 66.7 cm³/mol. The van der Waals surface area contributed by atoms with Crippen molar-refractivity contribution in [3.05, 3.63) is 0 Å². The van der Waals surface area contributed by atoms with Crippen LogP contribution in [0.2, 0.25) is 0 Å². The third-order valence-electron chi connectivity index (χ3n) is 2.07. The molecule has 2 atom stereocenters. The molecule has 16 heavy (non-hydrogen) atoms. The summed E-state index contributed by atoms with van der Waals surface area (Å²) in [5.74, 6) is 0.343. The Hall–Kier alpha value is -0.260. The van der Waals surface area contributed by atoms with E-state index in [0.29, 0.717) is 24.6 Å². The summed E-state index contributed by atoms with van der Waals surface area (Å²) in [6, 6.07) is 0. The summed E-state index contributed by atoms with van der Waals surface area (Å²) in [4.78, 5) is 22.1. The Morgan fingerprint density at radius 3 is 2.62 bits per heavy atom. The van der Waals surface area contributed by atoms with E-state index >= 15 is 0 Å². The molecule has 0 spiro atoms. The van der Waals surface area contributed by atoms with Crippen molar-refractivity contribution in [3.8, 4) is 0 Å². The third kappa shape index (κ3) is 7.09. The first kappa shape index (κ1) is 15.7. The van der Waals surface area contributed by atoms with Crippen LogP contribution < -0.4 is 5.32 Å². The molecule has 0 aromatic carbocycles. The number of halogens is 1. The Balaban J connectivity index is 3.74. The molecule has 0 aromatic heterocycles. The van der Waals surface area contributed by atoms with Crippen molar-refractivity contribution in [2.45, 2.75) is 26.4 Å². The summed E-state index contributed by atoms with van der Waals surface area (Å²) in [5.41, 5.74) is 0. The van der Waals surface area contributed by atoms with E-state index < -0.39 is 12.0 Å². The number of rotatable bonds is 7. The molecule has 0 rings (SSSR count). The highest BCUT2D eigenvalue weighted by Crippen LogP contribution is 2.16. The molecule has 0 heterocycles. The maximum absolute atomic E-state index is 11.6. The first-order valence-electron chi connectivity index (χ1n) is 5.14. The zero-order valence-electron chi connectivity index (χ0n) is 9.53. The van der Waals surface area contributed by atoms with Crippen LogP contribution in [-0.4, -0.2) is 40.4 Å². The highest BCUT2D eigenvalue weighted by atomic mass is 35.5. The number of amides is 1. The second-order valence-corrected chi connectivity index (χ2v) is 4.96. The van der Waals surface area contributed by atoms with Gasteiger partial charge in [-0.1, -0.05) is 18.7 Å². The third-order valence-corrected chi connectivity index (χ3v) is 3.36. The highest BCUT2D eigenvalue weighted by molar-refractivity contribution is 8.13. The van der Waals surface area contributed by atoms with E-state index in [4.69, 9.17) is 11.6 Å². The lowest BCUT2D eigenvalue weighted by molar-refractivity contribution is -0.119. The molecule has 1 amide bonds. The van der Waals surface area contributed by atoms with Gasteiger partial charge in [0.2, 0.25) is 5.91 Å². The fourth-order valence-electron chi connectivity index (χ4n) is 1.03. The number of carbonyl (C=O) groups is 2. The van der Waals surface area contributed by atoms with Gasteiger partial charge in [-0.15, -0.1) is 11.6 Å². The molecular formula is C10H18ClNO3S. The number of carbonyl (C=O) groups excluding carboxylic acids is 2. The Morgan fingerprint density at radius 2 is 2.12 bits per heavy atom. The van der Waals surface area contributed by atoms with E-state index in [9.17, 15) is 14.7 Å². The minimum absolute atomic E-state index is 0.0667. The molecule has 6 heteroatoms. The summed E-state index contributed by atoms with van der Waals surface area (Å²) >= 11 is 6.61. The fourth-order valence-corrected chi connectivity index (χ4v) is 2.08. The van der Waals surface area contributed by atoms with Gasteiger partial charge in [0.05, 0.1) is 12.0 Å². The molecular weight excluding hydrogens is 250 g/mol. The van der Waals surface area contributed by atoms with Gasteiger partial charge in [-0.25, -0.2) is 0 Å². The normalized spacial score (nSPS) is 14.2. The molecule has 4 nitrogen and oxygen atoms in total. The lowest BCUT2D eigenvalue weighted by Gasteiger charge is -2.15. The van der Waals surface area contributed by atoms with E-state index in [0.717, 1.165) is 11.8 Å². The number of aliphatic hydroxyl groups is 1. The van der Waals surface area contributed by atoms with Crippen LogP contribution in [0.5, 0.6) is 0 Å². The van der Waals surface area contributed by atoms with Gasteiger partial charge in [0.1, 0.15) is 0 Å². The molecule has 0 bridgehead atoms. The zero-order valence-corrected chi connectivity index (χ0v) is 11.1. The van der Waals surface area contributed by atoms with Gasteiger partial charge in [-0.3, -0.25) is 9.59 Å². The van der Waals surface area contributed by atoms with E-state index in [1.54, 1.807) is 6.92 Å². The largest absolute Gasteiger partial charge is 0.392 e. The SMILES string of the molecule is CC(=O)NCCSC(=O)[C@@H](C)[C@H](O)CCCl. The molecule has 0 aliphatic rings.